The summed E-state index contributed by atoms with van der Waals surface area (Å²) in [6.45, 7) is 0. The largest absolute Gasteiger partial charge is 0.465 e. The molecule has 5 heteroatoms. The lowest BCUT2D eigenvalue weighted by Crippen LogP contribution is -2.14. The maximum atomic E-state index is 12.1. The highest BCUT2D eigenvalue weighted by Gasteiger charge is 2.08. The van der Waals surface area contributed by atoms with Crippen LogP contribution in [0.25, 0.3) is 10.8 Å². The molecule has 3 rings (SSSR count). The van der Waals surface area contributed by atoms with E-state index >= 15 is 0 Å². The molecule has 3 aromatic carbocycles. The SMILES string of the molecule is COC(=O)c1cccc(NC(=O)CSCc2ccc3ccccc3c2)c1. The van der Waals surface area contributed by atoms with Crippen LogP contribution in [0, 0.1) is 0 Å². The number of hydrogen-bond donors (Lipinski definition) is 1. The van der Waals surface area contributed by atoms with Gasteiger partial charge >= 0.3 is 5.97 Å². The topological polar surface area (TPSA) is 55.4 Å². The van der Waals surface area contributed by atoms with Gasteiger partial charge in [-0.15, -0.1) is 11.8 Å². The standard InChI is InChI=1S/C21H19NO3S/c1-25-21(24)18-7-4-8-19(12-18)22-20(23)14-26-13-15-9-10-16-5-2-3-6-17(16)11-15/h2-12H,13-14H2,1H3,(H,22,23). The van der Waals surface area contributed by atoms with E-state index in [9.17, 15) is 9.59 Å². The molecule has 4 nitrogen and oxygen atoms in total. The fourth-order valence-corrected chi connectivity index (χ4v) is 3.40. The summed E-state index contributed by atoms with van der Waals surface area (Å²) in [6.07, 6.45) is 0. The van der Waals surface area contributed by atoms with Crippen molar-refractivity contribution < 1.29 is 14.3 Å². The lowest BCUT2D eigenvalue weighted by molar-refractivity contribution is -0.113. The van der Waals surface area contributed by atoms with Crippen LogP contribution < -0.4 is 5.32 Å². The van der Waals surface area contributed by atoms with Crippen LogP contribution in [0.5, 0.6) is 0 Å². The van der Waals surface area contributed by atoms with E-state index in [1.54, 1.807) is 36.0 Å². The summed E-state index contributed by atoms with van der Waals surface area (Å²) < 4.78 is 4.68. The molecule has 0 heterocycles. The number of carbonyl (C=O) groups excluding carboxylic acids is 2. The number of thioether (sulfide) groups is 1. The molecule has 3 aromatic rings. The van der Waals surface area contributed by atoms with Crippen molar-refractivity contribution in [2.24, 2.45) is 0 Å². The van der Waals surface area contributed by atoms with E-state index in [1.165, 1.54) is 23.4 Å². The van der Waals surface area contributed by atoms with E-state index in [0.717, 1.165) is 5.75 Å². The molecule has 0 aromatic heterocycles. The smallest absolute Gasteiger partial charge is 0.337 e. The van der Waals surface area contributed by atoms with Gasteiger partial charge in [0.1, 0.15) is 0 Å². The molecule has 0 bridgehead atoms. The van der Waals surface area contributed by atoms with E-state index in [-0.39, 0.29) is 5.91 Å². The summed E-state index contributed by atoms with van der Waals surface area (Å²) in [7, 11) is 1.33. The Bertz CT molecular complexity index is 939. The Morgan fingerprint density at radius 2 is 1.77 bits per heavy atom. The van der Waals surface area contributed by atoms with E-state index < -0.39 is 5.97 Å². The van der Waals surface area contributed by atoms with Crippen molar-refractivity contribution in [3.63, 3.8) is 0 Å². The van der Waals surface area contributed by atoms with Crippen LogP contribution in [0.1, 0.15) is 15.9 Å². The first-order valence-electron chi connectivity index (χ1n) is 8.19. The van der Waals surface area contributed by atoms with E-state index in [0.29, 0.717) is 17.0 Å². The molecule has 1 amide bonds. The van der Waals surface area contributed by atoms with Gasteiger partial charge in [0, 0.05) is 11.4 Å². The van der Waals surface area contributed by atoms with Gasteiger partial charge < -0.3 is 10.1 Å². The second-order valence-electron chi connectivity index (χ2n) is 5.79. The Balaban J connectivity index is 1.53. The molecule has 0 spiro atoms. The van der Waals surface area contributed by atoms with Gasteiger partial charge in [0.05, 0.1) is 18.4 Å². The zero-order valence-electron chi connectivity index (χ0n) is 14.4. The molecule has 0 unspecified atom stereocenters. The first kappa shape index (κ1) is 18.0. The maximum Gasteiger partial charge on any atom is 0.337 e. The number of ether oxygens (including phenoxy) is 1. The average molecular weight is 365 g/mol. The van der Waals surface area contributed by atoms with Crippen LogP contribution >= 0.6 is 11.8 Å². The lowest BCUT2D eigenvalue weighted by atomic mass is 10.1. The first-order chi connectivity index (χ1) is 12.7. The third-order valence-electron chi connectivity index (χ3n) is 3.88. The number of nitrogens with one attached hydrogen (secondary N) is 1. The number of rotatable bonds is 6. The minimum atomic E-state index is -0.424. The van der Waals surface area contributed by atoms with Crippen LogP contribution in [-0.4, -0.2) is 24.7 Å². The molecule has 26 heavy (non-hydrogen) atoms. The Morgan fingerprint density at radius 1 is 0.962 bits per heavy atom. The predicted molar refractivity (Wildman–Crippen MR) is 107 cm³/mol. The number of esters is 1. The number of methoxy groups -OCH3 is 1. The third kappa shape index (κ3) is 4.64. The zero-order valence-corrected chi connectivity index (χ0v) is 15.2. The monoisotopic (exact) mass is 365 g/mol. The molecule has 0 saturated carbocycles. The van der Waals surface area contributed by atoms with Crippen LogP contribution in [-0.2, 0) is 15.3 Å². The number of carbonyl (C=O) groups is 2. The molecular formula is C21H19NO3S. The third-order valence-corrected chi connectivity index (χ3v) is 4.89. The van der Waals surface area contributed by atoms with Gasteiger partial charge in [-0.1, -0.05) is 48.5 Å². The number of anilines is 1. The number of amides is 1. The van der Waals surface area contributed by atoms with Gasteiger partial charge in [-0.2, -0.15) is 0 Å². The van der Waals surface area contributed by atoms with E-state index in [4.69, 9.17) is 0 Å². The summed E-state index contributed by atoms with van der Waals surface area (Å²) in [5.74, 6) is 0.583. The molecule has 0 atom stereocenters. The fraction of sp³-hybridized carbons (Fsp3) is 0.143. The fourth-order valence-electron chi connectivity index (χ4n) is 2.63. The predicted octanol–water partition coefficient (Wildman–Crippen LogP) is 4.50. The van der Waals surface area contributed by atoms with Gasteiger partial charge in [0.25, 0.3) is 0 Å². The Morgan fingerprint density at radius 3 is 2.58 bits per heavy atom. The Kier molecular flexibility index (Phi) is 5.92. The van der Waals surface area contributed by atoms with E-state index in [1.807, 2.05) is 12.1 Å². The van der Waals surface area contributed by atoms with Crippen LogP contribution in [0.4, 0.5) is 5.69 Å². The maximum absolute atomic E-state index is 12.1. The minimum Gasteiger partial charge on any atom is -0.465 e. The summed E-state index contributed by atoms with van der Waals surface area (Å²) >= 11 is 1.55. The van der Waals surface area contributed by atoms with Crippen molar-refractivity contribution in [1.82, 2.24) is 0 Å². The van der Waals surface area contributed by atoms with Crippen LogP contribution in [0.15, 0.2) is 66.7 Å². The van der Waals surface area contributed by atoms with Gasteiger partial charge in [-0.25, -0.2) is 4.79 Å². The van der Waals surface area contributed by atoms with E-state index in [2.05, 4.69) is 40.4 Å². The minimum absolute atomic E-state index is 0.0993. The molecule has 1 N–H and O–H groups in total. The molecule has 0 aliphatic rings. The summed E-state index contributed by atoms with van der Waals surface area (Å²) in [5.41, 5.74) is 2.19. The summed E-state index contributed by atoms with van der Waals surface area (Å²) in [6, 6.07) is 21.3. The Labute approximate surface area is 156 Å². The van der Waals surface area contributed by atoms with Crippen molar-refractivity contribution in [3.8, 4) is 0 Å². The highest BCUT2D eigenvalue weighted by Crippen LogP contribution is 2.20. The quantitative estimate of drug-likeness (QED) is 0.654. The molecule has 0 aliphatic heterocycles. The highest BCUT2D eigenvalue weighted by molar-refractivity contribution is 7.99. The molecule has 0 aliphatic carbocycles. The van der Waals surface area contributed by atoms with Gasteiger partial charge in [-0.3, -0.25) is 4.79 Å². The Hall–Kier alpha value is -2.79. The zero-order chi connectivity index (χ0) is 18.4. The summed E-state index contributed by atoms with van der Waals surface area (Å²) in [4.78, 5) is 23.7. The lowest BCUT2D eigenvalue weighted by Gasteiger charge is -2.07. The second kappa shape index (κ2) is 8.54. The number of hydrogen-bond acceptors (Lipinski definition) is 4. The van der Waals surface area contributed by atoms with Gasteiger partial charge in [0.2, 0.25) is 5.91 Å². The first-order valence-corrected chi connectivity index (χ1v) is 9.35. The van der Waals surface area contributed by atoms with Crippen LogP contribution in [0.2, 0.25) is 0 Å². The second-order valence-corrected chi connectivity index (χ2v) is 6.78. The van der Waals surface area contributed by atoms with Crippen molar-refractivity contribution >= 4 is 40.1 Å². The summed E-state index contributed by atoms with van der Waals surface area (Å²) in [5, 5.41) is 5.23. The number of benzene rings is 3. The molecule has 0 fully saturated rings. The highest BCUT2D eigenvalue weighted by atomic mass is 32.2. The normalized spacial score (nSPS) is 10.5. The molecule has 132 valence electrons. The van der Waals surface area contributed by atoms with Crippen molar-refractivity contribution in [2.45, 2.75) is 5.75 Å². The average Bonchev–Trinajstić information content (AvgIpc) is 2.67. The van der Waals surface area contributed by atoms with Crippen molar-refractivity contribution in [1.29, 1.82) is 0 Å². The molecular weight excluding hydrogens is 346 g/mol. The van der Waals surface area contributed by atoms with Crippen LogP contribution in [0.3, 0.4) is 0 Å². The van der Waals surface area contributed by atoms with Gasteiger partial charge in [0.15, 0.2) is 0 Å². The van der Waals surface area contributed by atoms with Gasteiger partial charge in [-0.05, 0) is 34.5 Å². The van der Waals surface area contributed by atoms with Crippen molar-refractivity contribution in [2.75, 3.05) is 18.2 Å². The molecule has 0 saturated heterocycles. The number of fused-ring (bicyclic) bond motifs is 1. The van der Waals surface area contributed by atoms with Crippen molar-refractivity contribution in [3.05, 3.63) is 77.9 Å². The molecule has 0 radical (unpaired) electrons.